The largest absolute Gasteiger partial charge is 0.383 e. The molecule has 0 aliphatic heterocycles. The predicted molar refractivity (Wildman–Crippen MR) is 73.8 cm³/mol. The number of amides is 1. The number of hydrogen-bond acceptors (Lipinski definition) is 4. The Hall–Kier alpha value is -1.90. The summed E-state index contributed by atoms with van der Waals surface area (Å²) < 4.78 is 4.98. The maximum absolute atomic E-state index is 12.1. The molecule has 0 aliphatic rings. The molecule has 0 saturated carbocycles. The lowest BCUT2D eigenvalue weighted by molar-refractivity contribution is -0.120. The van der Waals surface area contributed by atoms with Crippen LogP contribution < -0.4 is 5.32 Å². The number of ether oxygens (including phenoxy) is 1. The lowest BCUT2D eigenvalue weighted by Gasteiger charge is -2.23. The van der Waals surface area contributed by atoms with Gasteiger partial charge < -0.3 is 10.1 Å². The number of methoxy groups -OCH3 is 1. The van der Waals surface area contributed by atoms with Crippen LogP contribution in [0.3, 0.4) is 0 Å². The Bertz CT molecular complexity index is 468. The molecule has 1 aromatic rings. The summed E-state index contributed by atoms with van der Waals surface area (Å²) in [6.07, 6.45) is 0. The second-order valence-corrected chi connectivity index (χ2v) is 4.30. The summed E-state index contributed by atoms with van der Waals surface area (Å²) in [5.41, 5.74) is 1.00. The van der Waals surface area contributed by atoms with E-state index in [0.29, 0.717) is 24.4 Å². The lowest BCUT2D eigenvalue weighted by atomic mass is 10.2. The summed E-state index contributed by atoms with van der Waals surface area (Å²) in [5.74, 6) is -0.138. The zero-order valence-electron chi connectivity index (χ0n) is 11.5. The summed E-state index contributed by atoms with van der Waals surface area (Å²) in [7, 11) is 3.49. The third-order valence-electron chi connectivity index (χ3n) is 2.99. The summed E-state index contributed by atoms with van der Waals surface area (Å²) >= 11 is 0. The molecule has 5 nitrogen and oxygen atoms in total. The fourth-order valence-electron chi connectivity index (χ4n) is 1.56. The molecular weight excluding hydrogens is 242 g/mol. The number of benzene rings is 1. The molecule has 0 bridgehead atoms. The van der Waals surface area contributed by atoms with Crippen LogP contribution in [0.25, 0.3) is 0 Å². The maximum atomic E-state index is 12.1. The smallest absolute Gasteiger partial charge is 0.241 e. The number of carbonyl (C=O) groups excluding carboxylic acids is 1. The molecule has 1 N–H and O–H groups in total. The van der Waals surface area contributed by atoms with Gasteiger partial charge in [-0.2, -0.15) is 5.26 Å². The first-order valence-corrected chi connectivity index (χ1v) is 6.09. The van der Waals surface area contributed by atoms with Crippen molar-refractivity contribution >= 4 is 11.6 Å². The van der Waals surface area contributed by atoms with E-state index in [2.05, 4.69) is 11.4 Å². The monoisotopic (exact) mass is 261 g/mol. The molecule has 0 aliphatic carbocycles. The van der Waals surface area contributed by atoms with Crippen LogP contribution in [-0.4, -0.2) is 44.2 Å². The molecule has 0 saturated heterocycles. The van der Waals surface area contributed by atoms with Gasteiger partial charge in [-0.25, -0.2) is 0 Å². The normalized spacial score (nSPS) is 11.9. The van der Waals surface area contributed by atoms with Crippen LogP contribution >= 0.6 is 0 Å². The molecule has 0 fully saturated rings. The molecule has 1 amide bonds. The summed E-state index contributed by atoms with van der Waals surface area (Å²) in [5, 5.41) is 11.7. The van der Waals surface area contributed by atoms with E-state index in [9.17, 15) is 4.79 Å². The summed E-state index contributed by atoms with van der Waals surface area (Å²) in [4.78, 5) is 14.0. The minimum absolute atomic E-state index is 0.138. The molecule has 1 aromatic carbocycles. The molecule has 102 valence electrons. The van der Waals surface area contributed by atoms with Crippen LogP contribution in [0.2, 0.25) is 0 Å². The highest BCUT2D eigenvalue weighted by Crippen LogP contribution is 2.14. The van der Waals surface area contributed by atoms with Gasteiger partial charge in [-0.1, -0.05) is 12.1 Å². The van der Waals surface area contributed by atoms with Crippen molar-refractivity contribution in [2.24, 2.45) is 0 Å². The number of nitrogens with zero attached hydrogens (tertiary/aromatic N) is 2. The zero-order chi connectivity index (χ0) is 14.3. The average Bonchev–Trinajstić information content (AvgIpc) is 2.44. The van der Waals surface area contributed by atoms with Crippen molar-refractivity contribution in [1.29, 1.82) is 5.26 Å². The van der Waals surface area contributed by atoms with Crippen molar-refractivity contribution in [2.75, 3.05) is 32.6 Å². The van der Waals surface area contributed by atoms with Gasteiger partial charge in [0.15, 0.2) is 0 Å². The van der Waals surface area contributed by atoms with Gasteiger partial charge in [0.2, 0.25) is 5.91 Å². The molecule has 0 heterocycles. The number of hydrogen-bond donors (Lipinski definition) is 1. The fourth-order valence-corrected chi connectivity index (χ4v) is 1.56. The molecule has 1 rings (SSSR count). The first-order chi connectivity index (χ1) is 9.10. The number of rotatable bonds is 6. The van der Waals surface area contributed by atoms with Crippen LogP contribution in [0.1, 0.15) is 12.5 Å². The van der Waals surface area contributed by atoms with Crippen molar-refractivity contribution in [1.82, 2.24) is 4.90 Å². The fraction of sp³-hybridized carbons (Fsp3) is 0.429. The molecule has 5 heteroatoms. The van der Waals surface area contributed by atoms with Crippen LogP contribution in [-0.2, 0) is 9.53 Å². The highest BCUT2D eigenvalue weighted by molar-refractivity contribution is 5.95. The van der Waals surface area contributed by atoms with E-state index >= 15 is 0 Å². The number of carbonyl (C=O) groups is 1. The van der Waals surface area contributed by atoms with Gasteiger partial charge in [-0.05, 0) is 26.1 Å². The van der Waals surface area contributed by atoms with Gasteiger partial charge in [0.1, 0.15) is 6.07 Å². The third kappa shape index (κ3) is 4.36. The van der Waals surface area contributed by atoms with E-state index < -0.39 is 0 Å². The van der Waals surface area contributed by atoms with Crippen molar-refractivity contribution in [2.45, 2.75) is 13.0 Å². The molecule has 0 spiro atoms. The standard InChI is InChI=1S/C14H19N3O2/c1-11(17(2)8-9-19-3)14(18)16-13-7-5-4-6-12(13)10-15/h4-7,11H,8-9H2,1-3H3,(H,16,18). The first-order valence-electron chi connectivity index (χ1n) is 6.09. The predicted octanol–water partition coefficient (Wildman–Crippen LogP) is 1.46. The van der Waals surface area contributed by atoms with Crippen LogP contribution in [0.5, 0.6) is 0 Å². The van der Waals surface area contributed by atoms with E-state index in [1.165, 1.54) is 0 Å². The summed E-state index contributed by atoms with van der Waals surface area (Å²) in [6, 6.07) is 8.71. The van der Waals surface area contributed by atoms with Crippen molar-refractivity contribution in [3.05, 3.63) is 29.8 Å². The topological polar surface area (TPSA) is 65.4 Å². The molecular formula is C14H19N3O2. The van der Waals surface area contributed by atoms with Gasteiger partial charge in [0.05, 0.1) is 23.9 Å². The molecule has 19 heavy (non-hydrogen) atoms. The first kappa shape index (κ1) is 15.2. The van der Waals surface area contributed by atoms with Gasteiger partial charge >= 0.3 is 0 Å². The number of nitrogens with one attached hydrogen (secondary N) is 1. The maximum Gasteiger partial charge on any atom is 0.241 e. The molecule has 0 aromatic heterocycles. The molecule has 0 radical (unpaired) electrons. The van der Waals surface area contributed by atoms with E-state index in [1.54, 1.807) is 31.4 Å². The SMILES string of the molecule is COCCN(C)C(C)C(=O)Nc1ccccc1C#N. The van der Waals surface area contributed by atoms with Gasteiger partial charge in [-0.15, -0.1) is 0 Å². The van der Waals surface area contributed by atoms with E-state index in [4.69, 9.17) is 10.00 Å². The lowest BCUT2D eigenvalue weighted by Crippen LogP contribution is -2.41. The molecule has 1 unspecified atom stereocenters. The highest BCUT2D eigenvalue weighted by Gasteiger charge is 2.18. The van der Waals surface area contributed by atoms with Crippen LogP contribution in [0.15, 0.2) is 24.3 Å². The number of likely N-dealkylation sites (N-methyl/N-ethyl adjacent to an activating group) is 1. The Balaban J connectivity index is 2.66. The Morgan fingerprint density at radius 3 is 2.84 bits per heavy atom. The second kappa shape index (κ2) is 7.52. The van der Waals surface area contributed by atoms with E-state index in [-0.39, 0.29) is 11.9 Å². The summed E-state index contributed by atoms with van der Waals surface area (Å²) in [6.45, 7) is 3.06. The van der Waals surface area contributed by atoms with Crippen LogP contribution in [0.4, 0.5) is 5.69 Å². The quantitative estimate of drug-likeness (QED) is 0.842. The Kier molecular flexibility index (Phi) is 6.00. The third-order valence-corrected chi connectivity index (χ3v) is 2.99. The zero-order valence-corrected chi connectivity index (χ0v) is 11.5. The van der Waals surface area contributed by atoms with Gasteiger partial charge in [0, 0.05) is 13.7 Å². The second-order valence-electron chi connectivity index (χ2n) is 4.30. The number of anilines is 1. The average molecular weight is 261 g/mol. The van der Waals surface area contributed by atoms with Gasteiger partial charge in [-0.3, -0.25) is 9.69 Å². The van der Waals surface area contributed by atoms with Crippen molar-refractivity contribution < 1.29 is 9.53 Å². The number of para-hydroxylation sites is 1. The van der Waals surface area contributed by atoms with Crippen molar-refractivity contribution in [3.8, 4) is 6.07 Å². The van der Waals surface area contributed by atoms with Gasteiger partial charge in [0.25, 0.3) is 0 Å². The van der Waals surface area contributed by atoms with E-state index in [1.807, 2.05) is 18.9 Å². The number of nitriles is 1. The minimum Gasteiger partial charge on any atom is -0.383 e. The Morgan fingerprint density at radius 1 is 1.53 bits per heavy atom. The Labute approximate surface area is 113 Å². The van der Waals surface area contributed by atoms with Crippen LogP contribution in [0, 0.1) is 11.3 Å². The van der Waals surface area contributed by atoms with E-state index in [0.717, 1.165) is 0 Å². The molecule has 1 atom stereocenters. The van der Waals surface area contributed by atoms with Crippen molar-refractivity contribution in [3.63, 3.8) is 0 Å². The minimum atomic E-state index is -0.290. The Morgan fingerprint density at radius 2 is 2.21 bits per heavy atom. The highest BCUT2D eigenvalue weighted by atomic mass is 16.5.